The number of carboxylic acid groups (broad SMARTS) is 1. The van der Waals surface area contributed by atoms with Gasteiger partial charge in [-0.1, -0.05) is 42.5 Å². The van der Waals surface area contributed by atoms with E-state index in [1.165, 1.54) is 0 Å². The van der Waals surface area contributed by atoms with Crippen LogP contribution in [0.4, 0.5) is 4.79 Å². The standard InChI is InChI=1S/C18H22N2O2/c1-13(20(18(21)22)12-14-9-10-19-11-14)16-8-4-6-15-5-2-3-7-17(15)16/h2-8,13-14,19H,9-12H2,1H3,(H,21,22)/t13-,14?/m1/s1. The smallest absolute Gasteiger partial charge is 0.407 e. The minimum atomic E-state index is -0.840. The second-order valence-corrected chi connectivity index (χ2v) is 6.04. The second kappa shape index (κ2) is 6.36. The Morgan fingerprint density at radius 2 is 2.09 bits per heavy atom. The van der Waals surface area contributed by atoms with Gasteiger partial charge in [0, 0.05) is 6.54 Å². The molecule has 0 aromatic heterocycles. The monoisotopic (exact) mass is 298 g/mol. The first-order chi connectivity index (χ1) is 10.7. The maximum atomic E-state index is 11.7. The Hall–Kier alpha value is -2.07. The van der Waals surface area contributed by atoms with E-state index in [2.05, 4.69) is 23.5 Å². The SMILES string of the molecule is C[C@H](c1cccc2ccccc12)N(CC1CCNC1)C(=O)O. The minimum absolute atomic E-state index is 0.149. The molecular weight excluding hydrogens is 276 g/mol. The zero-order chi connectivity index (χ0) is 15.5. The van der Waals surface area contributed by atoms with Crippen LogP contribution in [0, 0.1) is 5.92 Å². The molecule has 1 aliphatic heterocycles. The van der Waals surface area contributed by atoms with Crippen LogP contribution in [0.25, 0.3) is 10.8 Å². The highest BCUT2D eigenvalue weighted by Crippen LogP contribution is 2.29. The molecule has 1 aliphatic rings. The van der Waals surface area contributed by atoms with E-state index in [4.69, 9.17) is 0 Å². The summed E-state index contributed by atoms with van der Waals surface area (Å²) in [5.41, 5.74) is 1.08. The van der Waals surface area contributed by atoms with Gasteiger partial charge in [0.2, 0.25) is 0 Å². The van der Waals surface area contributed by atoms with E-state index in [0.29, 0.717) is 12.5 Å². The van der Waals surface area contributed by atoms with Crippen LogP contribution < -0.4 is 5.32 Å². The fraction of sp³-hybridized carbons (Fsp3) is 0.389. The first-order valence-corrected chi connectivity index (χ1v) is 7.85. The molecule has 116 valence electrons. The minimum Gasteiger partial charge on any atom is -0.465 e. The molecule has 1 heterocycles. The molecule has 1 amide bonds. The van der Waals surface area contributed by atoms with Crippen molar-refractivity contribution in [1.82, 2.24) is 10.2 Å². The van der Waals surface area contributed by atoms with Gasteiger partial charge in [-0.05, 0) is 48.7 Å². The van der Waals surface area contributed by atoms with Gasteiger partial charge in [-0.25, -0.2) is 4.79 Å². The Morgan fingerprint density at radius 3 is 2.82 bits per heavy atom. The van der Waals surface area contributed by atoms with Crippen molar-refractivity contribution >= 4 is 16.9 Å². The van der Waals surface area contributed by atoms with Gasteiger partial charge in [-0.15, -0.1) is 0 Å². The van der Waals surface area contributed by atoms with E-state index < -0.39 is 6.09 Å². The average Bonchev–Trinajstić information content (AvgIpc) is 3.04. The van der Waals surface area contributed by atoms with E-state index in [-0.39, 0.29) is 6.04 Å². The fourth-order valence-electron chi connectivity index (χ4n) is 3.33. The van der Waals surface area contributed by atoms with Crippen molar-refractivity contribution in [3.8, 4) is 0 Å². The van der Waals surface area contributed by atoms with Crippen LogP contribution >= 0.6 is 0 Å². The Morgan fingerprint density at radius 1 is 1.32 bits per heavy atom. The van der Waals surface area contributed by atoms with Gasteiger partial charge in [0.15, 0.2) is 0 Å². The molecule has 22 heavy (non-hydrogen) atoms. The van der Waals surface area contributed by atoms with Crippen LogP contribution in [-0.4, -0.2) is 35.7 Å². The lowest BCUT2D eigenvalue weighted by Gasteiger charge is -2.29. The van der Waals surface area contributed by atoms with E-state index in [1.54, 1.807) is 4.90 Å². The van der Waals surface area contributed by atoms with Gasteiger partial charge in [0.05, 0.1) is 6.04 Å². The zero-order valence-corrected chi connectivity index (χ0v) is 12.8. The molecule has 0 bridgehead atoms. The maximum absolute atomic E-state index is 11.7. The molecule has 3 rings (SSSR count). The van der Waals surface area contributed by atoms with Crippen LogP contribution in [0.15, 0.2) is 42.5 Å². The first kappa shape index (κ1) is 14.9. The van der Waals surface area contributed by atoms with Crippen molar-refractivity contribution < 1.29 is 9.90 Å². The van der Waals surface area contributed by atoms with E-state index >= 15 is 0 Å². The average molecular weight is 298 g/mol. The van der Waals surface area contributed by atoms with Gasteiger partial charge in [0.25, 0.3) is 0 Å². The summed E-state index contributed by atoms with van der Waals surface area (Å²) in [5.74, 6) is 0.411. The Balaban J connectivity index is 1.91. The van der Waals surface area contributed by atoms with Crippen molar-refractivity contribution in [1.29, 1.82) is 0 Å². The van der Waals surface area contributed by atoms with Crippen LogP contribution in [0.1, 0.15) is 24.9 Å². The number of hydrogen-bond donors (Lipinski definition) is 2. The van der Waals surface area contributed by atoms with Gasteiger partial charge >= 0.3 is 6.09 Å². The van der Waals surface area contributed by atoms with Crippen LogP contribution in [0.2, 0.25) is 0 Å². The first-order valence-electron chi connectivity index (χ1n) is 7.85. The number of benzene rings is 2. The third-order valence-corrected chi connectivity index (χ3v) is 4.60. The van der Waals surface area contributed by atoms with Crippen molar-refractivity contribution in [3.05, 3.63) is 48.0 Å². The lowest BCUT2D eigenvalue weighted by atomic mass is 9.98. The summed E-state index contributed by atoms with van der Waals surface area (Å²) in [7, 11) is 0. The summed E-state index contributed by atoms with van der Waals surface area (Å²) < 4.78 is 0. The normalized spacial score (nSPS) is 19.2. The van der Waals surface area contributed by atoms with Gasteiger partial charge < -0.3 is 15.3 Å². The number of rotatable bonds is 4. The van der Waals surface area contributed by atoms with E-state index in [1.807, 2.05) is 31.2 Å². The Kier molecular flexibility index (Phi) is 4.29. The summed E-state index contributed by atoms with van der Waals surface area (Å²) in [6.45, 7) is 4.47. The highest BCUT2D eigenvalue weighted by atomic mass is 16.4. The zero-order valence-electron chi connectivity index (χ0n) is 12.8. The fourth-order valence-corrected chi connectivity index (χ4v) is 3.33. The third kappa shape index (κ3) is 2.92. The molecular formula is C18H22N2O2. The number of hydrogen-bond acceptors (Lipinski definition) is 2. The number of nitrogens with one attached hydrogen (secondary N) is 1. The molecule has 2 N–H and O–H groups in total. The molecule has 0 aliphatic carbocycles. The summed E-state index contributed by atoms with van der Waals surface area (Å²) in [6.07, 6.45) is 0.207. The summed E-state index contributed by atoms with van der Waals surface area (Å²) >= 11 is 0. The van der Waals surface area contributed by atoms with Crippen molar-refractivity contribution in [2.45, 2.75) is 19.4 Å². The number of carbonyl (C=O) groups is 1. The summed E-state index contributed by atoms with van der Waals surface area (Å²) in [4.78, 5) is 13.3. The largest absolute Gasteiger partial charge is 0.465 e. The Bertz CT molecular complexity index is 660. The van der Waals surface area contributed by atoms with Crippen molar-refractivity contribution in [2.24, 2.45) is 5.92 Å². The molecule has 2 aromatic carbocycles. The predicted octanol–water partition coefficient (Wildman–Crippen LogP) is 3.49. The maximum Gasteiger partial charge on any atom is 0.407 e. The molecule has 2 aromatic rings. The molecule has 4 heteroatoms. The van der Waals surface area contributed by atoms with Crippen LogP contribution in [-0.2, 0) is 0 Å². The van der Waals surface area contributed by atoms with Gasteiger partial charge in [-0.2, -0.15) is 0 Å². The van der Waals surface area contributed by atoms with E-state index in [9.17, 15) is 9.90 Å². The molecule has 1 unspecified atom stereocenters. The summed E-state index contributed by atoms with van der Waals surface area (Å²) in [6, 6.07) is 14.1. The van der Waals surface area contributed by atoms with E-state index in [0.717, 1.165) is 35.8 Å². The molecule has 0 spiro atoms. The third-order valence-electron chi connectivity index (χ3n) is 4.60. The number of fused-ring (bicyclic) bond motifs is 1. The lowest BCUT2D eigenvalue weighted by Crippen LogP contribution is -2.37. The number of nitrogens with zero attached hydrogens (tertiary/aromatic N) is 1. The number of amides is 1. The summed E-state index contributed by atoms with van der Waals surface area (Å²) in [5, 5.41) is 15.2. The Labute approximate surface area is 130 Å². The highest BCUT2D eigenvalue weighted by molar-refractivity contribution is 5.86. The van der Waals surface area contributed by atoms with Crippen LogP contribution in [0.3, 0.4) is 0 Å². The molecule has 1 fully saturated rings. The quantitative estimate of drug-likeness (QED) is 0.908. The molecule has 2 atom stereocenters. The molecule has 0 saturated carbocycles. The predicted molar refractivity (Wildman–Crippen MR) is 88.1 cm³/mol. The molecule has 4 nitrogen and oxygen atoms in total. The van der Waals surface area contributed by atoms with Crippen molar-refractivity contribution in [3.63, 3.8) is 0 Å². The van der Waals surface area contributed by atoms with Crippen LogP contribution in [0.5, 0.6) is 0 Å². The van der Waals surface area contributed by atoms with Gasteiger partial charge in [-0.3, -0.25) is 0 Å². The molecule has 1 saturated heterocycles. The lowest BCUT2D eigenvalue weighted by molar-refractivity contribution is 0.120. The highest BCUT2D eigenvalue weighted by Gasteiger charge is 2.26. The topological polar surface area (TPSA) is 52.6 Å². The van der Waals surface area contributed by atoms with Crippen molar-refractivity contribution in [2.75, 3.05) is 19.6 Å². The molecule has 0 radical (unpaired) electrons. The van der Waals surface area contributed by atoms with Gasteiger partial charge in [0.1, 0.15) is 0 Å². The second-order valence-electron chi connectivity index (χ2n) is 6.04.